The van der Waals surface area contributed by atoms with Crippen LogP contribution in [0.3, 0.4) is 0 Å². The summed E-state index contributed by atoms with van der Waals surface area (Å²) in [6.07, 6.45) is 0. The van der Waals surface area contributed by atoms with Gasteiger partial charge >= 0.3 is 0 Å². The summed E-state index contributed by atoms with van der Waals surface area (Å²) in [6.45, 7) is 0. The monoisotopic (exact) mass is 1710 g/mol. The van der Waals surface area contributed by atoms with E-state index in [-0.39, 0.29) is 0 Å². The van der Waals surface area contributed by atoms with Crippen molar-refractivity contribution >= 4 is 107 Å². The van der Waals surface area contributed by atoms with Gasteiger partial charge in [-0.15, -0.1) is 22.7 Å². The number of para-hydroxylation sites is 1. The standard InChI is InChI=1S/C42H26N2S.C39H25N3O.C39H25N3S/c1-3-12-29(13-4-1)36-26-37(44-42(43-36)30-14-5-2-6-15-30)40-33(23-24-39-41(40)34-17-9-10-18-38(34)45-39)31-22-21-28-20-19-27-11-7-8-16-32(27)35(28)25-31;2*1-4-12-26(13-5-1)27-20-22-28(23-21-27)31-24-25-33(36-35(31)32-18-10-11-19-34(32)43-36)39-41-37(29-14-6-2-7-15-29)40-38(42-39)30-16-8-3-9-17-30/h1-26H;2*1-25H. The molecule has 0 unspecified atom stereocenters. The molecule has 0 saturated heterocycles. The third kappa shape index (κ3) is 15.5. The minimum Gasteiger partial charge on any atom is -0.455 e. The van der Waals surface area contributed by atoms with Crippen LogP contribution >= 0.6 is 22.7 Å². The predicted molar refractivity (Wildman–Crippen MR) is 546 cm³/mol. The van der Waals surface area contributed by atoms with Crippen molar-refractivity contribution in [2.24, 2.45) is 0 Å². The molecule has 0 bridgehead atoms. The second kappa shape index (κ2) is 34.8. The molecule has 0 aliphatic heterocycles. The molecule has 0 fully saturated rings. The van der Waals surface area contributed by atoms with Crippen molar-refractivity contribution in [3.8, 4) is 158 Å². The first kappa shape index (κ1) is 78.7. The molecule has 6 heterocycles. The minimum atomic E-state index is 0.572. The van der Waals surface area contributed by atoms with E-state index in [2.05, 4.69) is 297 Å². The second-order valence-electron chi connectivity index (χ2n) is 32.3. The van der Waals surface area contributed by atoms with Gasteiger partial charge in [0.15, 0.2) is 40.8 Å². The summed E-state index contributed by atoms with van der Waals surface area (Å²) in [5.74, 6) is 4.54. The van der Waals surface area contributed by atoms with E-state index >= 15 is 0 Å². The molecule has 0 saturated carbocycles. The van der Waals surface area contributed by atoms with Crippen molar-refractivity contribution in [2.45, 2.75) is 0 Å². The zero-order valence-corrected chi connectivity index (χ0v) is 72.3. The third-order valence-electron chi connectivity index (χ3n) is 24.2. The van der Waals surface area contributed by atoms with Gasteiger partial charge in [0.1, 0.15) is 11.2 Å². The molecule has 0 aliphatic carbocycles. The Morgan fingerprint density at radius 1 is 0.176 bits per heavy atom. The van der Waals surface area contributed by atoms with Crippen molar-refractivity contribution in [3.63, 3.8) is 0 Å². The quantitative estimate of drug-likeness (QED) is 0.0981. The van der Waals surface area contributed by atoms with E-state index in [1.165, 1.54) is 101 Å². The fourth-order valence-corrected chi connectivity index (χ4v) is 20.2. The summed E-state index contributed by atoms with van der Waals surface area (Å²) >= 11 is 3.63. The number of aromatic nitrogens is 8. The number of rotatable bonds is 14. The van der Waals surface area contributed by atoms with Gasteiger partial charge in [0.2, 0.25) is 0 Å². The van der Waals surface area contributed by atoms with Crippen LogP contribution in [0.15, 0.2) is 465 Å². The maximum Gasteiger partial charge on any atom is 0.167 e. The highest BCUT2D eigenvalue weighted by Gasteiger charge is 2.26. The van der Waals surface area contributed by atoms with Crippen LogP contribution in [0.1, 0.15) is 0 Å². The highest BCUT2D eigenvalue weighted by molar-refractivity contribution is 7.26. The zero-order valence-electron chi connectivity index (χ0n) is 70.7. The number of furan rings is 1. The van der Waals surface area contributed by atoms with E-state index in [9.17, 15) is 0 Å². The third-order valence-corrected chi connectivity index (χ3v) is 26.6. The van der Waals surface area contributed by atoms with Gasteiger partial charge in [-0.25, -0.2) is 39.9 Å². The summed E-state index contributed by atoms with van der Waals surface area (Å²) in [7, 11) is 0. The first-order valence-corrected chi connectivity index (χ1v) is 45.4. The second-order valence-corrected chi connectivity index (χ2v) is 34.4. The molecule has 0 amide bonds. The number of fused-ring (bicyclic) bond motifs is 12. The number of nitrogens with zero attached hydrogens (tertiary/aromatic N) is 8. The molecule has 25 rings (SSSR count). The van der Waals surface area contributed by atoms with E-state index < -0.39 is 0 Å². The molecule has 0 N–H and O–H groups in total. The molecule has 131 heavy (non-hydrogen) atoms. The summed E-state index contributed by atoms with van der Waals surface area (Å²) in [5.41, 5.74) is 24.0. The summed E-state index contributed by atoms with van der Waals surface area (Å²) in [5, 5.41) is 12.1. The Kier molecular flexibility index (Phi) is 20.9. The molecule has 6 aromatic heterocycles. The molecular formula is C120H76N8OS2. The normalized spacial score (nSPS) is 11.4. The van der Waals surface area contributed by atoms with Gasteiger partial charge in [0, 0.05) is 95.6 Å². The Morgan fingerprint density at radius 3 is 1.04 bits per heavy atom. The fraction of sp³-hybridized carbons (Fsp3) is 0. The van der Waals surface area contributed by atoms with E-state index in [0.717, 1.165) is 106 Å². The van der Waals surface area contributed by atoms with Gasteiger partial charge < -0.3 is 4.42 Å². The van der Waals surface area contributed by atoms with Crippen molar-refractivity contribution in [3.05, 3.63) is 461 Å². The summed E-state index contributed by atoms with van der Waals surface area (Å²) in [4.78, 5) is 40.3. The van der Waals surface area contributed by atoms with E-state index in [1.54, 1.807) is 11.3 Å². The highest BCUT2D eigenvalue weighted by atomic mass is 32.1. The van der Waals surface area contributed by atoms with Crippen LogP contribution in [0.5, 0.6) is 0 Å². The predicted octanol–water partition coefficient (Wildman–Crippen LogP) is 32.5. The van der Waals surface area contributed by atoms with Crippen LogP contribution in [-0.2, 0) is 0 Å². The Bertz CT molecular complexity index is 8040. The first-order chi connectivity index (χ1) is 64.9. The van der Waals surface area contributed by atoms with E-state index in [0.29, 0.717) is 34.9 Å². The van der Waals surface area contributed by atoms with Crippen LogP contribution < -0.4 is 0 Å². The Hall–Kier alpha value is -17.0. The lowest BCUT2D eigenvalue weighted by Crippen LogP contribution is -2.00. The largest absolute Gasteiger partial charge is 0.455 e. The Labute approximate surface area is 764 Å². The summed E-state index contributed by atoms with van der Waals surface area (Å²) in [6, 6.07) is 160. The van der Waals surface area contributed by atoms with Gasteiger partial charge in [-0.1, -0.05) is 413 Å². The fourth-order valence-electron chi connectivity index (χ4n) is 17.8. The van der Waals surface area contributed by atoms with Crippen molar-refractivity contribution in [1.82, 2.24) is 39.9 Å². The van der Waals surface area contributed by atoms with Crippen molar-refractivity contribution in [2.75, 3.05) is 0 Å². The van der Waals surface area contributed by atoms with Crippen LogP contribution in [0.2, 0.25) is 0 Å². The molecule has 0 atom stereocenters. The van der Waals surface area contributed by atoms with E-state index in [1.807, 2.05) is 175 Å². The number of hydrogen-bond acceptors (Lipinski definition) is 11. The van der Waals surface area contributed by atoms with Gasteiger partial charge in [-0.2, -0.15) is 0 Å². The highest BCUT2D eigenvalue weighted by Crippen LogP contribution is 2.50. The molecule has 0 radical (unpaired) electrons. The van der Waals surface area contributed by atoms with Gasteiger partial charge in [0.05, 0.1) is 17.0 Å². The smallest absolute Gasteiger partial charge is 0.167 e. The topological polar surface area (TPSA) is 116 Å². The lowest BCUT2D eigenvalue weighted by molar-refractivity contribution is 0.669. The molecule has 614 valence electrons. The number of thiophene rings is 2. The van der Waals surface area contributed by atoms with Gasteiger partial charge in [-0.3, -0.25) is 0 Å². The van der Waals surface area contributed by atoms with Crippen LogP contribution in [-0.4, -0.2) is 39.9 Å². The molecule has 9 nitrogen and oxygen atoms in total. The Morgan fingerprint density at radius 2 is 0.519 bits per heavy atom. The molecule has 19 aromatic carbocycles. The van der Waals surface area contributed by atoms with Crippen LogP contribution in [0, 0.1) is 0 Å². The van der Waals surface area contributed by atoms with Crippen LogP contribution in [0.4, 0.5) is 0 Å². The average Bonchev–Trinajstić information content (AvgIpc) is 1.62. The van der Waals surface area contributed by atoms with Gasteiger partial charge in [0.25, 0.3) is 0 Å². The SMILES string of the molecule is c1ccc(-c2cc(-c3c(-c4ccc5ccc6ccccc6c5c4)ccc4sc5ccccc5c34)nc(-c3ccccc3)n2)cc1.c1ccc(-c2ccc(-c3ccc(-c4nc(-c5ccccc5)nc(-c5ccccc5)n4)c4oc5ccccc5c34)cc2)cc1.c1ccc(-c2ccc(-c3ccc(-c4nc(-c5ccccc5)nc(-c5ccccc5)n4)c4sc5ccccc5c34)cc2)cc1. The average molecular weight is 1710 g/mol. The first-order valence-electron chi connectivity index (χ1n) is 43.7. The minimum absolute atomic E-state index is 0.572. The molecular weight excluding hydrogens is 1630 g/mol. The van der Waals surface area contributed by atoms with Crippen LogP contribution in [0.25, 0.3) is 242 Å². The van der Waals surface area contributed by atoms with E-state index in [4.69, 9.17) is 44.3 Å². The number of hydrogen-bond donors (Lipinski definition) is 0. The van der Waals surface area contributed by atoms with Crippen molar-refractivity contribution < 1.29 is 4.42 Å². The van der Waals surface area contributed by atoms with Gasteiger partial charge in [-0.05, 0) is 126 Å². The molecule has 0 aliphatic rings. The maximum absolute atomic E-state index is 6.58. The zero-order chi connectivity index (χ0) is 86.9. The van der Waals surface area contributed by atoms with Crippen molar-refractivity contribution in [1.29, 1.82) is 0 Å². The summed E-state index contributed by atoms with van der Waals surface area (Å²) < 4.78 is 11.5. The lowest BCUT2D eigenvalue weighted by atomic mass is 9.90. The maximum atomic E-state index is 6.58. The molecule has 0 spiro atoms. The lowest BCUT2D eigenvalue weighted by Gasteiger charge is -2.16. The number of benzene rings is 19. The Balaban J connectivity index is 0.000000112. The molecule has 11 heteroatoms. The molecule has 25 aromatic rings.